The van der Waals surface area contributed by atoms with Crippen LogP contribution in [0.5, 0.6) is 0 Å². The maximum absolute atomic E-state index is 12.6. The van der Waals surface area contributed by atoms with Crippen molar-refractivity contribution in [1.82, 2.24) is 9.88 Å². The molecule has 2 aliphatic rings. The van der Waals surface area contributed by atoms with Crippen LogP contribution in [0.4, 0.5) is 5.00 Å². The number of hydrogen-bond donors (Lipinski definition) is 0. The minimum absolute atomic E-state index is 0.0344. The van der Waals surface area contributed by atoms with Gasteiger partial charge in [0.05, 0.1) is 5.00 Å². The summed E-state index contributed by atoms with van der Waals surface area (Å²) in [5.74, 6) is 0.210. The van der Waals surface area contributed by atoms with E-state index < -0.39 is 0 Å². The Morgan fingerprint density at radius 1 is 1.21 bits per heavy atom. The SMILES string of the molecule is Cc1ccc(N2C[C@@]3(CCN(C(=O)c4ccncc4)C3)CC2=O)s1. The third-order valence-electron chi connectivity index (χ3n) is 4.97. The summed E-state index contributed by atoms with van der Waals surface area (Å²) in [6.45, 7) is 4.13. The molecule has 4 rings (SSSR count). The van der Waals surface area contributed by atoms with Gasteiger partial charge in [-0.15, -0.1) is 11.3 Å². The van der Waals surface area contributed by atoms with Crippen molar-refractivity contribution >= 4 is 28.2 Å². The van der Waals surface area contributed by atoms with Crippen LogP contribution >= 0.6 is 11.3 Å². The lowest BCUT2D eigenvalue weighted by Crippen LogP contribution is -2.34. The minimum atomic E-state index is -0.0995. The predicted octanol–water partition coefficient (Wildman–Crippen LogP) is 2.72. The Bertz CT molecular complexity index is 789. The fourth-order valence-electron chi connectivity index (χ4n) is 3.72. The van der Waals surface area contributed by atoms with Crippen LogP contribution in [0.2, 0.25) is 0 Å². The van der Waals surface area contributed by atoms with Gasteiger partial charge < -0.3 is 9.80 Å². The molecule has 6 heteroatoms. The van der Waals surface area contributed by atoms with Gasteiger partial charge >= 0.3 is 0 Å². The second-order valence-corrected chi connectivity index (χ2v) is 8.02. The van der Waals surface area contributed by atoms with E-state index in [0.717, 1.165) is 11.4 Å². The molecule has 2 saturated heterocycles. The van der Waals surface area contributed by atoms with Crippen LogP contribution in [0.15, 0.2) is 36.7 Å². The van der Waals surface area contributed by atoms with E-state index in [4.69, 9.17) is 0 Å². The zero-order valence-electron chi connectivity index (χ0n) is 13.6. The van der Waals surface area contributed by atoms with Crippen molar-refractivity contribution in [2.24, 2.45) is 5.41 Å². The van der Waals surface area contributed by atoms with Gasteiger partial charge in [0.2, 0.25) is 5.91 Å². The van der Waals surface area contributed by atoms with E-state index in [-0.39, 0.29) is 17.2 Å². The lowest BCUT2D eigenvalue weighted by molar-refractivity contribution is -0.117. The summed E-state index contributed by atoms with van der Waals surface area (Å²) in [6.07, 6.45) is 4.69. The molecule has 0 unspecified atom stereocenters. The molecule has 0 aromatic carbocycles. The standard InChI is InChI=1S/C18H19N3O2S/c1-13-2-3-16(24-13)21-12-18(10-15(21)22)6-9-20(11-18)17(23)14-4-7-19-8-5-14/h2-5,7-8H,6,9-12H2,1H3/t18-/m0/s1. The van der Waals surface area contributed by atoms with Crippen LogP contribution in [-0.4, -0.2) is 41.3 Å². The number of likely N-dealkylation sites (tertiary alicyclic amines) is 1. The van der Waals surface area contributed by atoms with Gasteiger partial charge in [0, 0.05) is 54.3 Å². The first-order chi connectivity index (χ1) is 11.6. The van der Waals surface area contributed by atoms with Crippen LogP contribution in [0.1, 0.15) is 28.1 Å². The number of amides is 2. The lowest BCUT2D eigenvalue weighted by Gasteiger charge is -2.23. The summed E-state index contributed by atoms with van der Waals surface area (Å²) in [4.78, 5) is 34.1. The Morgan fingerprint density at radius 3 is 2.71 bits per heavy atom. The zero-order chi connectivity index (χ0) is 16.7. The number of anilines is 1. The molecule has 5 nitrogen and oxygen atoms in total. The van der Waals surface area contributed by atoms with Gasteiger partial charge in [-0.25, -0.2) is 0 Å². The van der Waals surface area contributed by atoms with Crippen LogP contribution in [0, 0.1) is 12.3 Å². The average Bonchev–Trinajstić information content (AvgIpc) is 3.27. The van der Waals surface area contributed by atoms with Gasteiger partial charge in [0.1, 0.15) is 0 Å². The number of pyridine rings is 1. The molecule has 0 bridgehead atoms. The van der Waals surface area contributed by atoms with Gasteiger partial charge in [-0.3, -0.25) is 14.6 Å². The van der Waals surface area contributed by atoms with E-state index in [9.17, 15) is 9.59 Å². The highest BCUT2D eigenvalue weighted by molar-refractivity contribution is 7.16. The van der Waals surface area contributed by atoms with Crippen molar-refractivity contribution in [3.63, 3.8) is 0 Å². The van der Waals surface area contributed by atoms with E-state index in [0.29, 0.717) is 31.6 Å². The first kappa shape index (κ1) is 15.3. The summed E-state index contributed by atoms with van der Waals surface area (Å²) in [7, 11) is 0. The number of thiophene rings is 1. The summed E-state index contributed by atoms with van der Waals surface area (Å²) < 4.78 is 0. The number of carbonyl (C=O) groups excluding carboxylic acids is 2. The summed E-state index contributed by atoms with van der Waals surface area (Å²) in [5, 5.41) is 1.02. The monoisotopic (exact) mass is 341 g/mol. The smallest absolute Gasteiger partial charge is 0.253 e. The summed E-state index contributed by atoms with van der Waals surface area (Å²) in [6, 6.07) is 7.56. The van der Waals surface area contributed by atoms with E-state index >= 15 is 0 Å². The van der Waals surface area contributed by atoms with Gasteiger partial charge in [0.25, 0.3) is 5.91 Å². The van der Waals surface area contributed by atoms with Gasteiger partial charge in [0.15, 0.2) is 0 Å². The zero-order valence-corrected chi connectivity index (χ0v) is 14.4. The lowest BCUT2D eigenvalue weighted by atomic mass is 9.86. The second-order valence-electron chi connectivity index (χ2n) is 6.75. The van der Waals surface area contributed by atoms with Crippen molar-refractivity contribution in [3.05, 3.63) is 47.1 Å². The highest BCUT2D eigenvalue weighted by Crippen LogP contribution is 2.43. The molecule has 2 fully saturated rings. The molecule has 2 aliphatic heterocycles. The van der Waals surface area contributed by atoms with E-state index in [1.165, 1.54) is 4.88 Å². The molecule has 0 saturated carbocycles. The third-order valence-corrected chi connectivity index (χ3v) is 5.99. The Hall–Kier alpha value is -2.21. The van der Waals surface area contributed by atoms with Crippen molar-refractivity contribution in [3.8, 4) is 0 Å². The van der Waals surface area contributed by atoms with Crippen molar-refractivity contribution < 1.29 is 9.59 Å². The van der Waals surface area contributed by atoms with Crippen LogP contribution in [-0.2, 0) is 4.79 Å². The van der Waals surface area contributed by atoms with Crippen molar-refractivity contribution in [2.75, 3.05) is 24.5 Å². The first-order valence-electron chi connectivity index (χ1n) is 8.12. The van der Waals surface area contributed by atoms with Crippen molar-refractivity contribution in [1.29, 1.82) is 0 Å². The van der Waals surface area contributed by atoms with E-state index in [2.05, 4.69) is 11.9 Å². The molecular weight excluding hydrogens is 322 g/mol. The quantitative estimate of drug-likeness (QED) is 0.844. The molecule has 1 atom stereocenters. The van der Waals surface area contributed by atoms with Crippen molar-refractivity contribution in [2.45, 2.75) is 19.8 Å². The fraction of sp³-hybridized carbons (Fsp3) is 0.389. The Balaban J connectivity index is 1.50. The summed E-state index contributed by atoms with van der Waals surface area (Å²) in [5.41, 5.74) is 0.564. The number of aryl methyl sites for hydroxylation is 1. The number of hydrogen-bond acceptors (Lipinski definition) is 4. The number of carbonyl (C=O) groups is 2. The number of rotatable bonds is 2. The molecule has 0 radical (unpaired) electrons. The largest absolute Gasteiger partial charge is 0.338 e. The van der Waals surface area contributed by atoms with Crippen LogP contribution in [0.3, 0.4) is 0 Å². The Labute approximate surface area is 144 Å². The highest BCUT2D eigenvalue weighted by Gasteiger charge is 2.49. The summed E-state index contributed by atoms with van der Waals surface area (Å²) >= 11 is 1.65. The molecule has 2 aromatic heterocycles. The van der Waals surface area contributed by atoms with Gasteiger partial charge in [-0.2, -0.15) is 0 Å². The van der Waals surface area contributed by atoms with Crippen LogP contribution < -0.4 is 4.90 Å². The third kappa shape index (κ3) is 2.60. The topological polar surface area (TPSA) is 53.5 Å². The normalized spacial score (nSPS) is 23.5. The maximum Gasteiger partial charge on any atom is 0.253 e. The Morgan fingerprint density at radius 2 is 2.00 bits per heavy atom. The van der Waals surface area contributed by atoms with Crippen LogP contribution in [0.25, 0.3) is 0 Å². The Kier molecular flexibility index (Phi) is 3.64. The molecular formula is C18H19N3O2S. The molecule has 2 aromatic rings. The van der Waals surface area contributed by atoms with E-state index in [1.54, 1.807) is 35.9 Å². The fourth-order valence-corrected chi connectivity index (χ4v) is 4.60. The molecule has 124 valence electrons. The molecule has 4 heterocycles. The average molecular weight is 341 g/mol. The molecule has 1 spiro atoms. The minimum Gasteiger partial charge on any atom is -0.338 e. The molecule has 0 aliphatic carbocycles. The van der Waals surface area contributed by atoms with Gasteiger partial charge in [-0.05, 0) is 37.6 Å². The maximum atomic E-state index is 12.6. The first-order valence-corrected chi connectivity index (χ1v) is 8.94. The van der Waals surface area contributed by atoms with E-state index in [1.807, 2.05) is 21.9 Å². The number of aromatic nitrogens is 1. The second kappa shape index (κ2) is 5.70. The number of nitrogens with zero attached hydrogens (tertiary/aromatic N) is 3. The molecule has 24 heavy (non-hydrogen) atoms. The predicted molar refractivity (Wildman–Crippen MR) is 93.2 cm³/mol. The molecule has 0 N–H and O–H groups in total. The highest BCUT2D eigenvalue weighted by atomic mass is 32.1. The van der Waals surface area contributed by atoms with Gasteiger partial charge in [-0.1, -0.05) is 0 Å². The molecule has 2 amide bonds.